The van der Waals surface area contributed by atoms with Crippen LogP contribution < -0.4 is 10.1 Å². The molecule has 0 saturated heterocycles. The minimum absolute atomic E-state index is 0.121. The fraction of sp³-hybridized carbons (Fsp3) is 0.600. The molecule has 0 atom stereocenters. The zero-order valence-electron chi connectivity index (χ0n) is 9.03. The van der Waals surface area contributed by atoms with Gasteiger partial charge in [0.2, 0.25) is 11.8 Å². The van der Waals surface area contributed by atoms with Crippen LogP contribution in [0.2, 0.25) is 0 Å². The van der Waals surface area contributed by atoms with Crippen LogP contribution in [0.3, 0.4) is 0 Å². The van der Waals surface area contributed by atoms with Crippen molar-refractivity contribution in [3.8, 4) is 5.88 Å². The number of alkyl halides is 1. The van der Waals surface area contributed by atoms with Crippen molar-refractivity contribution in [2.45, 2.75) is 26.4 Å². The minimum atomic E-state index is 0.121. The van der Waals surface area contributed by atoms with E-state index in [9.17, 15) is 0 Å². The largest absolute Gasteiger partial charge is 0.475 e. The van der Waals surface area contributed by atoms with Gasteiger partial charge in [-0.1, -0.05) is 0 Å². The highest BCUT2D eigenvalue weighted by Gasteiger charge is 2.01. The van der Waals surface area contributed by atoms with Crippen LogP contribution in [0.1, 0.15) is 20.3 Å². The summed E-state index contributed by atoms with van der Waals surface area (Å²) in [6.45, 7) is 4.69. The van der Waals surface area contributed by atoms with Crippen molar-refractivity contribution < 1.29 is 4.74 Å². The number of hydrogen-bond acceptors (Lipinski definition) is 4. The molecule has 0 fully saturated rings. The molecule has 0 bridgehead atoms. The molecular weight excluding hydrogens is 214 g/mol. The summed E-state index contributed by atoms with van der Waals surface area (Å²) < 4.78 is 5.44. The monoisotopic (exact) mass is 229 g/mol. The van der Waals surface area contributed by atoms with Crippen LogP contribution in [0, 0.1) is 0 Å². The molecule has 0 aromatic carbocycles. The fourth-order valence-electron chi connectivity index (χ4n) is 1.00. The van der Waals surface area contributed by atoms with Crippen LogP contribution in [0.15, 0.2) is 12.3 Å². The molecule has 15 heavy (non-hydrogen) atoms. The van der Waals surface area contributed by atoms with Crippen molar-refractivity contribution in [1.82, 2.24) is 9.97 Å². The van der Waals surface area contributed by atoms with Gasteiger partial charge < -0.3 is 10.1 Å². The van der Waals surface area contributed by atoms with Crippen LogP contribution in [-0.4, -0.2) is 28.5 Å². The average molecular weight is 230 g/mol. The second kappa shape index (κ2) is 6.45. The molecule has 1 N–H and O–H groups in total. The van der Waals surface area contributed by atoms with Gasteiger partial charge in [0.15, 0.2) is 0 Å². The molecule has 84 valence electrons. The lowest BCUT2D eigenvalue weighted by atomic mass is 10.5. The van der Waals surface area contributed by atoms with Crippen molar-refractivity contribution in [2.75, 3.05) is 17.7 Å². The Bertz CT molecular complexity index is 294. The molecule has 0 saturated carbocycles. The Labute approximate surface area is 95.0 Å². The van der Waals surface area contributed by atoms with Gasteiger partial charge in [0.05, 0.1) is 6.10 Å². The van der Waals surface area contributed by atoms with Gasteiger partial charge >= 0.3 is 0 Å². The molecule has 5 heteroatoms. The first-order valence-corrected chi connectivity index (χ1v) is 5.55. The Morgan fingerprint density at radius 2 is 2.33 bits per heavy atom. The van der Waals surface area contributed by atoms with Gasteiger partial charge in [-0.05, 0) is 20.3 Å². The molecular formula is C10H16ClN3O. The van der Waals surface area contributed by atoms with Crippen molar-refractivity contribution in [2.24, 2.45) is 0 Å². The molecule has 0 aliphatic rings. The number of ether oxygens (including phenoxy) is 1. The van der Waals surface area contributed by atoms with E-state index in [0.29, 0.717) is 17.7 Å². The van der Waals surface area contributed by atoms with Crippen LogP contribution in [0.4, 0.5) is 5.95 Å². The van der Waals surface area contributed by atoms with Gasteiger partial charge in [-0.2, -0.15) is 4.98 Å². The summed E-state index contributed by atoms with van der Waals surface area (Å²) in [5.41, 5.74) is 0. The van der Waals surface area contributed by atoms with Gasteiger partial charge in [-0.3, -0.25) is 0 Å². The maximum atomic E-state index is 5.56. The first kappa shape index (κ1) is 12.0. The summed E-state index contributed by atoms with van der Waals surface area (Å²) in [5, 5.41) is 3.07. The van der Waals surface area contributed by atoms with Crippen molar-refractivity contribution in [1.29, 1.82) is 0 Å². The summed E-state index contributed by atoms with van der Waals surface area (Å²) >= 11 is 5.56. The lowest BCUT2D eigenvalue weighted by Gasteiger charge is -2.09. The molecule has 4 nitrogen and oxygen atoms in total. The summed E-state index contributed by atoms with van der Waals surface area (Å²) in [7, 11) is 0. The van der Waals surface area contributed by atoms with E-state index in [1.54, 1.807) is 12.3 Å². The molecule has 0 aliphatic carbocycles. The Balaban J connectivity index is 2.50. The second-order valence-electron chi connectivity index (χ2n) is 3.35. The maximum Gasteiger partial charge on any atom is 0.225 e. The normalized spacial score (nSPS) is 10.4. The molecule has 1 rings (SSSR count). The van der Waals surface area contributed by atoms with E-state index in [0.717, 1.165) is 13.0 Å². The Morgan fingerprint density at radius 1 is 1.53 bits per heavy atom. The van der Waals surface area contributed by atoms with Crippen LogP contribution in [0.5, 0.6) is 5.88 Å². The third-order valence-electron chi connectivity index (χ3n) is 1.58. The standard InChI is InChI=1S/C10H16ClN3O/c1-8(2)15-9-4-7-13-10(14-9)12-6-3-5-11/h4,7-8H,3,5-6H2,1-2H3,(H,12,13,14). The molecule has 0 spiro atoms. The van der Waals surface area contributed by atoms with Gasteiger partial charge in [-0.25, -0.2) is 4.98 Å². The number of hydrogen-bond donors (Lipinski definition) is 1. The third-order valence-corrected chi connectivity index (χ3v) is 1.85. The van der Waals surface area contributed by atoms with Gasteiger partial charge in [0.1, 0.15) is 0 Å². The highest BCUT2D eigenvalue weighted by molar-refractivity contribution is 6.17. The van der Waals surface area contributed by atoms with E-state index < -0.39 is 0 Å². The van der Waals surface area contributed by atoms with Gasteiger partial charge in [-0.15, -0.1) is 11.6 Å². The van der Waals surface area contributed by atoms with Gasteiger partial charge in [0.25, 0.3) is 0 Å². The van der Waals surface area contributed by atoms with Crippen molar-refractivity contribution >= 4 is 17.5 Å². The predicted molar refractivity (Wildman–Crippen MR) is 61.6 cm³/mol. The maximum absolute atomic E-state index is 5.56. The predicted octanol–water partition coefficient (Wildman–Crippen LogP) is 2.30. The molecule has 0 aliphatic heterocycles. The SMILES string of the molecule is CC(C)Oc1ccnc(NCCCCl)n1. The highest BCUT2D eigenvalue weighted by atomic mass is 35.5. The summed E-state index contributed by atoms with van der Waals surface area (Å²) in [6.07, 6.45) is 2.68. The zero-order chi connectivity index (χ0) is 11.1. The number of aromatic nitrogens is 2. The van der Waals surface area contributed by atoms with Crippen molar-refractivity contribution in [3.63, 3.8) is 0 Å². The summed E-state index contributed by atoms with van der Waals surface area (Å²) in [4.78, 5) is 8.27. The third kappa shape index (κ3) is 4.83. The summed E-state index contributed by atoms with van der Waals surface area (Å²) in [5.74, 6) is 1.81. The lowest BCUT2D eigenvalue weighted by molar-refractivity contribution is 0.232. The molecule has 1 aromatic rings. The van der Waals surface area contributed by atoms with E-state index in [1.807, 2.05) is 13.8 Å². The summed E-state index contributed by atoms with van der Waals surface area (Å²) in [6, 6.07) is 1.74. The van der Waals surface area contributed by atoms with E-state index in [2.05, 4.69) is 15.3 Å². The molecule has 0 radical (unpaired) electrons. The Kier molecular flexibility index (Phi) is 5.18. The van der Waals surface area contributed by atoms with Crippen LogP contribution in [0.25, 0.3) is 0 Å². The number of nitrogens with one attached hydrogen (secondary N) is 1. The van der Waals surface area contributed by atoms with Crippen molar-refractivity contribution in [3.05, 3.63) is 12.3 Å². The van der Waals surface area contributed by atoms with E-state index in [-0.39, 0.29) is 6.10 Å². The van der Waals surface area contributed by atoms with Gasteiger partial charge in [0, 0.05) is 24.7 Å². The first-order valence-electron chi connectivity index (χ1n) is 5.02. The fourth-order valence-corrected chi connectivity index (χ4v) is 1.14. The molecule has 1 heterocycles. The first-order chi connectivity index (χ1) is 7.22. The van der Waals surface area contributed by atoms with Crippen LogP contribution >= 0.6 is 11.6 Å². The van der Waals surface area contributed by atoms with E-state index >= 15 is 0 Å². The molecule has 0 amide bonds. The molecule has 0 unspecified atom stereocenters. The smallest absolute Gasteiger partial charge is 0.225 e. The average Bonchev–Trinajstić information content (AvgIpc) is 2.18. The number of anilines is 1. The topological polar surface area (TPSA) is 47.0 Å². The zero-order valence-corrected chi connectivity index (χ0v) is 9.79. The number of rotatable bonds is 6. The lowest BCUT2D eigenvalue weighted by Crippen LogP contribution is -2.10. The van der Waals surface area contributed by atoms with E-state index in [1.165, 1.54) is 0 Å². The second-order valence-corrected chi connectivity index (χ2v) is 3.73. The highest BCUT2D eigenvalue weighted by Crippen LogP contribution is 2.09. The molecule has 1 aromatic heterocycles. The Hall–Kier alpha value is -1.03. The Morgan fingerprint density at radius 3 is 3.00 bits per heavy atom. The van der Waals surface area contributed by atoms with Crippen LogP contribution in [-0.2, 0) is 0 Å². The minimum Gasteiger partial charge on any atom is -0.475 e. The number of halogens is 1. The quantitative estimate of drug-likeness (QED) is 0.601. The number of nitrogens with zero attached hydrogens (tertiary/aromatic N) is 2. The van der Waals surface area contributed by atoms with E-state index in [4.69, 9.17) is 16.3 Å².